The molecule has 0 atom stereocenters. The molecule has 10 nitrogen and oxygen atoms in total. The van der Waals surface area contributed by atoms with Gasteiger partial charge in [-0.05, 0) is 32.9 Å². The van der Waals surface area contributed by atoms with Gasteiger partial charge in [-0.15, -0.1) is 0 Å². The summed E-state index contributed by atoms with van der Waals surface area (Å²) in [5.74, 6) is 0.844. The quantitative estimate of drug-likeness (QED) is 0.426. The average Bonchev–Trinajstić information content (AvgIpc) is 3.43. The normalized spacial score (nSPS) is 14.5. The van der Waals surface area contributed by atoms with Crippen LogP contribution in [0.15, 0.2) is 43.1 Å². The molecule has 0 N–H and O–H groups in total. The molecule has 1 amide bonds. The first-order chi connectivity index (χ1) is 16.7. The third kappa shape index (κ3) is 4.79. The van der Waals surface area contributed by atoms with Crippen LogP contribution in [-0.2, 0) is 11.8 Å². The van der Waals surface area contributed by atoms with Crippen LogP contribution in [0.3, 0.4) is 0 Å². The predicted molar refractivity (Wildman–Crippen MR) is 133 cm³/mol. The van der Waals surface area contributed by atoms with E-state index in [1.165, 1.54) is 0 Å². The van der Waals surface area contributed by atoms with Crippen LogP contribution in [0.2, 0.25) is 5.02 Å². The molecule has 4 aromatic rings. The largest absolute Gasteiger partial charge is 0.444 e. The van der Waals surface area contributed by atoms with E-state index in [2.05, 4.69) is 15.1 Å². The number of nitrogens with zero attached hydrogens (tertiary/aromatic N) is 8. The Labute approximate surface area is 208 Å². The van der Waals surface area contributed by atoms with Gasteiger partial charge in [-0.3, -0.25) is 4.68 Å². The third-order valence-electron chi connectivity index (χ3n) is 5.73. The van der Waals surface area contributed by atoms with Gasteiger partial charge < -0.3 is 14.5 Å². The van der Waals surface area contributed by atoms with E-state index in [9.17, 15) is 4.79 Å². The Morgan fingerprint density at radius 3 is 2.40 bits per heavy atom. The monoisotopic (exact) mass is 494 g/mol. The number of hydrogen-bond donors (Lipinski definition) is 0. The second kappa shape index (κ2) is 8.84. The van der Waals surface area contributed by atoms with Crippen molar-refractivity contribution in [1.82, 2.24) is 34.3 Å². The highest BCUT2D eigenvalue weighted by atomic mass is 35.5. The minimum absolute atomic E-state index is 0.276. The van der Waals surface area contributed by atoms with Crippen molar-refractivity contribution in [3.05, 3.63) is 48.1 Å². The standard InChI is InChI=1S/C24H27ClN8O2/c1-24(2,3)35-23(34)32-9-7-31(8-10-32)20-6-5-16(11-26-20)21-22-18(25)13-28-33(22)15-19(29-21)17-12-27-30(4)14-17/h5-6,11-15H,7-10H2,1-4H3. The Balaban J connectivity index is 1.37. The first kappa shape index (κ1) is 23.1. The maximum absolute atomic E-state index is 12.3. The molecule has 1 aliphatic heterocycles. The number of pyridine rings is 1. The zero-order valence-corrected chi connectivity index (χ0v) is 20.9. The number of ether oxygens (including phenoxy) is 1. The van der Waals surface area contributed by atoms with Gasteiger partial charge >= 0.3 is 6.09 Å². The molecule has 5 rings (SSSR count). The van der Waals surface area contributed by atoms with Gasteiger partial charge in [-0.2, -0.15) is 10.2 Å². The molecule has 1 aliphatic rings. The van der Waals surface area contributed by atoms with Crippen LogP contribution in [0.5, 0.6) is 0 Å². The van der Waals surface area contributed by atoms with Crippen molar-refractivity contribution >= 4 is 29.0 Å². The summed E-state index contributed by atoms with van der Waals surface area (Å²) >= 11 is 6.45. The fourth-order valence-electron chi connectivity index (χ4n) is 4.03. The first-order valence-electron chi connectivity index (χ1n) is 11.4. The third-order valence-corrected chi connectivity index (χ3v) is 6.01. The highest BCUT2D eigenvalue weighted by Gasteiger charge is 2.26. The molecular weight excluding hydrogens is 468 g/mol. The second-order valence-corrected chi connectivity index (χ2v) is 9.93. The maximum Gasteiger partial charge on any atom is 0.410 e. The molecule has 0 radical (unpaired) electrons. The number of halogens is 1. The molecule has 11 heteroatoms. The van der Waals surface area contributed by atoms with Crippen LogP contribution in [0.1, 0.15) is 20.8 Å². The van der Waals surface area contributed by atoms with Crippen molar-refractivity contribution in [1.29, 1.82) is 0 Å². The maximum atomic E-state index is 12.3. The number of fused-ring (bicyclic) bond motifs is 1. The molecule has 0 aliphatic carbocycles. The van der Waals surface area contributed by atoms with Gasteiger partial charge in [-0.25, -0.2) is 19.3 Å². The number of anilines is 1. The van der Waals surface area contributed by atoms with Gasteiger partial charge in [0.1, 0.15) is 16.9 Å². The number of amides is 1. The number of rotatable bonds is 3. The molecule has 35 heavy (non-hydrogen) atoms. The summed E-state index contributed by atoms with van der Waals surface area (Å²) in [6.07, 6.45) is 8.65. The molecule has 0 unspecified atom stereocenters. The SMILES string of the molecule is Cn1cc(-c2cn3ncc(Cl)c3c(-c3ccc(N4CCN(C(=O)OC(C)(C)C)CC4)nc3)n2)cn1. The van der Waals surface area contributed by atoms with Crippen molar-refractivity contribution in [3.8, 4) is 22.5 Å². The minimum atomic E-state index is -0.502. The number of carbonyl (C=O) groups is 1. The first-order valence-corrected chi connectivity index (χ1v) is 11.8. The van der Waals surface area contributed by atoms with Crippen LogP contribution >= 0.6 is 11.6 Å². The van der Waals surface area contributed by atoms with Crippen molar-refractivity contribution in [2.75, 3.05) is 31.1 Å². The zero-order valence-electron chi connectivity index (χ0n) is 20.1. The van der Waals surface area contributed by atoms with E-state index in [0.717, 1.165) is 28.2 Å². The average molecular weight is 495 g/mol. The molecule has 1 saturated heterocycles. The van der Waals surface area contributed by atoms with Crippen molar-refractivity contribution in [2.24, 2.45) is 7.05 Å². The Morgan fingerprint density at radius 1 is 1.00 bits per heavy atom. The molecule has 0 spiro atoms. The summed E-state index contributed by atoms with van der Waals surface area (Å²) in [6.45, 7) is 8.15. The molecule has 0 saturated carbocycles. The van der Waals surface area contributed by atoms with E-state index < -0.39 is 5.60 Å². The van der Waals surface area contributed by atoms with E-state index in [-0.39, 0.29) is 6.09 Å². The molecule has 182 valence electrons. The lowest BCUT2D eigenvalue weighted by Crippen LogP contribution is -2.50. The lowest BCUT2D eigenvalue weighted by atomic mass is 10.1. The Hall–Kier alpha value is -3.66. The van der Waals surface area contributed by atoms with Gasteiger partial charge in [0.05, 0.1) is 35.0 Å². The Morgan fingerprint density at radius 2 is 1.77 bits per heavy atom. The van der Waals surface area contributed by atoms with Gasteiger partial charge in [-0.1, -0.05) is 11.6 Å². The van der Waals surface area contributed by atoms with Gasteiger partial charge in [0, 0.05) is 56.7 Å². The van der Waals surface area contributed by atoms with Crippen LogP contribution in [0.25, 0.3) is 28.0 Å². The van der Waals surface area contributed by atoms with Crippen LogP contribution < -0.4 is 4.90 Å². The number of aromatic nitrogens is 6. The number of aryl methyl sites for hydroxylation is 1. The summed E-state index contributed by atoms with van der Waals surface area (Å²) in [4.78, 5) is 25.8. The molecular formula is C24H27ClN8O2. The van der Waals surface area contributed by atoms with E-state index in [1.807, 2.05) is 52.3 Å². The highest BCUT2D eigenvalue weighted by molar-refractivity contribution is 6.34. The highest BCUT2D eigenvalue weighted by Crippen LogP contribution is 2.31. The summed E-state index contributed by atoms with van der Waals surface area (Å²) in [7, 11) is 1.86. The fourth-order valence-corrected chi connectivity index (χ4v) is 4.25. The summed E-state index contributed by atoms with van der Waals surface area (Å²) in [5, 5.41) is 9.15. The second-order valence-electron chi connectivity index (χ2n) is 9.52. The van der Waals surface area contributed by atoms with E-state index in [4.69, 9.17) is 26.3 Å². The van der Waals surface area contributed by atoms with Crippen molar-refractivity contribution in [3.63, 3.8) is 0 Å². The number of piperazine rings is 1. The predicted octanol–water partition coefficient (Wildman–Crippen LogP) is 3.90. The lowest BCUT2D eigenvalue weighted by Gasteiger charge is -2.36. The number of hydrogen-bond acceptors (Lipinski definition) is 7. The van der Waals surface area contributed by atoms with Gasteiger partial charge in [0.25, 0.3) is 0 Å². The van der Waals surface area contributed by atoms with Crippen molar-refractivity contribution < 1.29 is 9.53 Å². The van der Waals surface area contributed by atoms with Crippen LogP contribution in [0.4, 0.5) is 10.6 Å². The Bertz CT molecular complexity index is 1360. The van der Waals surface area contributed by atoms with Crippen molar-refractivity contribution in [2.45, 2.75) is 26.4 Å². The van der Waals surface area contributed by atoms with E-state index in [1.54, 1.807) is 32.7 Å². The molecule has 0 aromatic carbocycles. The molecule has 0 bridgehead atoms. The van der Waals surface area contributed by atoms with Gasteiger partial charge in [0.2, 0.25) is 0 Å². The lowest BCUT2D eigenvalue weighted by molar-refractivity contribution is 0.0240. The zero-order chi connectivity index (χ0) is 24.7. The summed E-state index contributed by atoms with van der Waals surface area (Å²) < 4.78 is 8.95. The Kier molecular flexibility index (Phi) is 5.84. The number of carbonyl (C=O) groups excluding carboxylic acids is 1. The molecule has 1 fully saturated rings. The minimum Gasteiger partial charge on any atom is -0.444 e. The molecule has 5 heterocycles. The summed E-state index contributed by atoms with van der Waals surface area (Å²) in [5.41, 5.74) is 3.37. The topological polar surface area (TPSA) is 93.7 Å². The smallest absolute Gasteiger partial charge is 0.410 e. The van der Waals surface area contributed by atoms with E-state index >= 15 is 0 Å². The molecule has 4 aromatic heterocycles. The van der Waals surface area contributed by atoms with Crippen LogP contribution in [-0.4, -0.2) is 72.1 Å². The summed E-state index contributed by atoms with van der Waals surface area (Å²) in [6, 6.07) is 3.96. The van der Waals surface area contributed by atoms with Crippen LogP contribution in [0, 0.1) is 0 Å². The van der Waals surface area contributed by atoms with E-state index in [0.29, 0.717) is 36.9 Å². The fraction of sp³-hybridized carbons (Fsp3) is 0.375. The van der Waals surface area contributed by atoms with Gasteiger partial charge in [0.15, 0.2) is 0 Å².